The van der Waals surface area contributed by atoms with E-state index in [9.17, 15) is 45.6 Å². The number of aliphatic hydroxyl groups excluding tert-OH is 8. The Bertz CT molecular complexity index is 1290. The third-order valence-corrected chi connectivity index (χ3v) is 11.4. The highest BCUT2D eigenvalue weighted by atomic mass is 16.7. The monoisotopic (exact) mass is 896 g/mol. The molecule has 0 aromatic rings. The topological polar surface area (TPSA) is 228 Å². The maximum atomic E-state index is 13.1. The smallest absolute Gasteiger partial charge is 0.220 e. The van der Waals surface area contributed by atoms with Crippen LogP contribution in [0.1, 0.15) is 149 Å². The quantitative estimate of drug-likeness (QED) is 0.0284. The number of aliphatic hydroxyl groups is 8. The van der Waals surface area contributed by atoms with Gasteiger partial charge < -0.3 is 65.1 Å². The second-order valence-electron chi connectivity index (χ2n) is 16.9. The van der Waals surface area contributed by atoms with Crippen LogP contribution in [-0.4, -0.2) is 140 Å². The lowest BCUT2D eigenvalue weighted by Crippen LogP contribution is -2.65. The summed E-state index contributed by atoms with van der Waals surface area (Å²) in [5, 5.41) is 86.5. The van der Waals surface area contributed by atoms with Crippen molar-refractivity contribution >= 4 is 5.91 Å². The standard InChI is InChI=1S/C49H85NO13/c1-3-5-7-9-11-13-15-16-17-18-19-20-21-23-25-27-29-31-33-41(54)50-37(38(53)32-30-28-26-24-22-14-12-10-8-6-4-2)36-60-48-46(59)44(57)47(40(35-52)62-48)63-49-45(58)43(56)42(55)39(34-51)61-49/h8,10,13,15,17-18,22,24,30,32,37-40,42-49,51-53,55-59H,3-7,9,11-12,14,16,19-21,23,25-29,31,33-36H2,1-2H3,(H,50,54)/b10-8+,15-13-,18-17-,24-22+,32-30+. The van der Waals surface area contributed by atoms with E-state index in [-0.39, 0.29) is 18.9 Å². The molecule has 12 atom stereocenters. The van der Waals surface area contributed by atoms with Crippen molar-refractivity contribution in [2.24, 2.45) is 0 Å². The van der Waals surface area contributed by atoms with Gasteiger partial charge in [-0.3, -0.25) is 4.79 Å². The summed E-state index contributed by atoms with van der Waals surface area (Å²) in [6.07, 6.45) is 25.6. The van der Waals surface area contributed by atoms with Crippen LogP contribution in [0.3, 0.4) is 0 Å². The number of carbonyl (C=O) groups excluding carboxylic acids is 1. The Morgan fingerprint density at radius 3 is 1.70 bits per heavy atom. The number of amides is 1. The molecule has 1 amide bonds. The molecular formula is C49H85NO13. The van der Waals surface area contributed by atoms with Gasteiger partial charge in [0.05, 0.1) is 32.0 Å². The lowest BCUT2D eigenvalue weighted by atomic mass is 9.97. The molecule has 63 heavy (non-hydrogen) atoms. The molecule has 364 valence electrons. The second kappa shape index (κ2) is 35.9. The van der Waals surface area contributed by atoms with Crippen molar-refractivity contribution in [2.75, 3.05) is 19.8 Å². The van der Waals surface area contributed by atoms with Crippen LogP contribution in [0.4, 0.5) is 0 Å². The van der Waals surface area contributed by atoms with Crippen LogP contribution in [0.5, 0.6) is 0 Å². The summed E-state index contributed by atoms with van der Waals surface area (Å²) in [6.45, 7) is 2.63. The van der Waals surface area contributed by atoms with Gasteiger partial charge in [0.1, 0.15) is 48.8 Å². The summed E-state index contributed by atoms with van der Waals surface area (Å²) in [7, 11) is 0. The third-order valence-electron chi connectivity index (χ3n) is 11.4. The van der Waals surface area contributed by atoms with Gasteiger partial charge in [-0.05, 0) is 70.6 Å². The lowest BCUT2D eigenvalue weighted by molar-refractivity contribution is -0.359. The molecule has 14 nitrogen and oxygen atoms in total. The fourth-order valence-corrected chi connectivity index (χ4v) is 7.42. The van der Waals surface area contributed by atoms with Gasteiger partial charge in [-0.2, -0.15) is 0 Å². The van der Waals surface area contributed by atoms with Crippen LogP contribution in [0, 0.1) is 0 Å². The average molecular weight is 896 g/mol. The molecule has 2 aliphatic rings. The van der Waals surface area contributed by atoms with E-state index in [0.717, 1.165) is 70.6 Å². The molecule has 2 fully saturated rings. The first kappa shape index (κ1) is 56.8. The number of hydrogen-bond acceptors (Lipinski definition) is 13. The van der Waals surface area contributed by atoms with E-state index in [0.29, 0.717) is 12.8 Å². The maximum absolute atomic E-state index is 13.1. The first-order valence-electron chi connectivity index (χ1n) is 24.0. The molecule has 0 aromatic carbocycles. The van der Waals surface area contributed by atoms with Crippen LogP contribution >= 0.6 is 0 Å². The Balaban J connectivity index is 1.87. The van der Waals surface area contributed by atoms with E-state index in [4.69, 9.17) is 18.9 Å². The molecular weight excluding hydrogens is 811 g/mol. The largest absolute Gasteiger partial charge is 0.394 e. The Kier molecular flexibility index (Phi) is 32.4. The van der Waals surface area contributed by atoms with Crippen LogP contribution in [0.25, 0.3) is 0 Å². The van der Waals surface area contributed by atoms with Gasteiger partial charge in [0.15, 0.2) is 12.6 Å². The molecule has 0 radical (unpaired) electrons. The highest BCUT2D eigenvalue weighted by Crippen LogP contribution is 2.30. The molecule has 0 spiro atoms. The first-order valence-corrected chi connectivity index (χ1v) is 24.0. The normalized spacial score (nSPS) is 28.0. The van der Waals surface area contributed by atoms with Crippen LogP contribution in [0.2, 0.25) is 0 Å². The molecule has 2 rings (SSSR count). The van der Waals surface area contributed by atoms with E-state index in [2.05, 4.69) is 67.8 Å². The van der Waals surface area contributed by atoms with Crippen molar-refractivity contribution in [3.05, 3.63) is 60.8 Å². The van der Waals surface area contributed by atoms with E-state index in [1.165, 1.54) is 44.9 Å². The van der Waals surface area contributed by atoms with Gasteiger partial charge >= 0.3 is 0 Å². The molecule has 0 aliphatic carbocycles. The number of hydrogen-bond donors (Lipinski definition) is 9. The summed E-state index contributed by atoms with van der Waals surface area (Å²) < 4.78 is 22.6. The summed E-state index contributed by atoms with van der Waals surface area (Å²) in [6, 6.07) is -0.941. The zero-order valence-electron chi connectivity index (χ0n) is 38.3. The van der Waals surface area contributed by atoms with Crippen LogP contribution in [0.15, 0.2) is 60.8 Å². The van der Waals surface area contributed by atoms with E-state index < -0.39 is 86.8 Å². The Hall–Kier alpha value is -2.31. The first-order chi connectivity index (χ1) is 30.6. The molecule has 2 saturated heterocycles. The number of nitrogens with one attached hydrogen (secondary N) is 1. The molecule has 12 unspecified atom stereocenters. The van der Waals surface area contributed by atoms with E-state index >= 15 is 0 Å². The number of rotatable bonds is 35. The molecule has 0 saturated carbocycles. The van der Waals surface area contributed by atoms with Gasteiger partial charge in [-0.1, -0.05) is 132 Å². The molecule has 0 bridgehead atoms. The number of allylic oxidation sites excluding steroid dienone is 9. The minimum atomic E-state index is -1.79. The molecule has 2 aliphatic heterocycles. The maximum Gasteiger partial charge on any atom is 0.220 e. The van der Waals surface area contributed by atoms with Crippen molar-refractivity contribution in [2.45, 2.75) is 222 Å². The summed E-state index contributed by atoms with van der Waals surface area (Å²) >= 11 is 0. The van der Waals surface area contributed by atoms with Crippen LogP contribution in [-0.2, 0) is 23.7 Å². The van der Waals surface area contributed by atoms with Gasteiger partial charge in [-0.25, -0.2) is 0 Å². The summed E-state index contributed by atoms with van der Waals surface area (Å²) in [4.78, 5) is 13.1. The second-order valence-corrected chi connectivity index (χ2v) is 16.9. The highest BCUT2D eigenvalue weighted by molar-refractivity contribution is 5.76. The highest BCUT2D eigenvalue weighted by Gasteiger charge is 2.51. The lowest BCUT2D eigenvalue weighted by Gasteiger charge is -2.46. The number of unbranched alkanes of at least 4 members (excludes halogenated alkanes) is 14. The summed E-state index contributed by atoms with van der Waals surface area (Å²) in [5.74, 6) is -0.267. The van der Waals surface area contributed by atoms with E-state index in [1.807, 2.05) is 6.08 Å². The zero-order chi connectivity index (χ0) is 46.1. The Morgan fingerprint density at radius 2 is 1.10 bits per heavy atom. The van der Waals surface area contributed by atoms with Gasteiger partial charge in [0, 0.05) is 6.42 Å². The fourth-order valence-electron chi connectivity index (χ4n) is 7.42. The van der Waals surface area contributed by atoms with Crippen molar-refractivity contribution in [3.8, 4) is 0 Å². The summed E-state index contributed by atoms with van der Waals surface area (Å²) in [5.41, 5.74) is 0. The molecule has 0 aromatic heterocycles. The third kappa shape index (κ3) is 23.6. The van der Waals surface area contributed by atoms with Crippen molar-refractivity contribution in [3.63, 3.8) is 0 Å². The molecule has 9 N–H and O–H groups in total. The van der Waals surface area contributed by atoms with Crippen molar-refractivity contribution < 1.29 is 64.6 Å². The predicted octanol–water partition coefficient (Wildman–Crippen LogP) is 5.49. The van der Waals surface area contributed by atoms with Crippen molar-refractivity contribution in [1.82, 2.24) is 5.32 Å². The Morgan fingerprint density at radius 1 is 0.571 bits per heavy atom. The molecule has 14 heteroatoms. The number of ether oxygens (including phenoxy) is 4. The number of carbonyl (C=O) groups is 1. The van der Waals surface area contributed by atoms with Gasteiger partial charge in [0.2, 0.25) is 5.91 Å². The van der Waals surface area contributed by atoms with E-state index in [1.54, 1.807) is 6.08 Å². The van der Waals surface area contributed by atoms with Crippen LogP contribution < -0.4 is 5.32 Å². The SMILES string of the molecule is CCC/C=C/CC/C=C/CC/C=C/C(O)C(COC1OC(CO)C(OC2OC(CO)C(O)C(O)C2O)C(O)C1O)NC(=O)CCCCCCCCC/C=C\C/C=C\CCCCCC. The fraction of sp³-hybridized carbons (Fsp3) is 0.776. The average Bonchev–Trinajstić information content (AvgIpc) is 3.28. The molecule has 2 heterocycles. The minimum Gasteiger partial charge on any atom is -0.394 e. The van der Waals surface area contributed by atoms with Crippen molar-refractivity contribution in [1.29, 1.82) is 0 Å². The van der Waals surface area contributed by atoms with Gasteiger partial charge in [-0.15, -0.1) is 0 Å². The van der Waals surface area contributed by atoms with Gasteiger partial charge in [0.25, 0.3) is 0 Å². The predicted molar refractivity (Wildman–Crippen MR) is 244 cm³/mol. The Labute approximate surface area is 377 Å². The minimum absolute atomic E-state index is 0.258. The zero-order valence-corrected chi connectivity index (χ0v) is 38.3.